The number of carboxylic acid groups (broad SMARTS) is 1. The first kappa shape index (κ1) is 10.9. The smallest absolute Gasteiger partial charge is 0.332 e. The van der Waals surface area contributed by atoms with E-state index in [0.717, 1.165) is 0 Å². The van der Waals surface area contributed by atoms with E-state index in [2.05, 4.69) is 0 Å². The van der Waals surface area contributed by atoms with Crippen molar-refractivity contribution in [2.24, 2.45) is 0 Å². The first-order chi connectivity index (χ1) is 6.87. The highest BCUT2D eigenvalue weighted by molar-refractivity contribution is 7.92. The van der Waals surface area contributed by atoms with Gasteiger partial charge in [0.2, 0.25) is 0 Å². The Morgan fingerprint density at radius 1 is 1.47 bits per heavy atom. The van der Waals surface area contributed by atoms with Crippen LogP contribution in [0.15, 0.2) is 0 Å². The molecule has 2 aliphatic rings. The van der Waals surface area contributed by atoms with E-state index >= 15 is 0 Å². The molecule has 2 saturated heterocycles. The lowest BCUT2D eigenvalue weighted by molar-refractivity contribution is -0.154. The van der Waals surface area contributed by atoms with Crippen LogP contribution in [0, 0.1) is 0 Å². The van der Waals surface area contributed by atoms with Gasteiger partial charge in [-0.1, -0.05) is 0 Å². The molecule has 0 amide bonds. The average Bonchev–Trinajstić information content (AvgIpc) is 2.67. The number of sulfone groups is 1. The Labute approximate surface area is 88.3 Å². The SMILES string of the molecule is CC1C2(CCC(C(=O)O)O2)CCS1(=O)=O. The van der Waals surface area contributed by atoms with Crippen molar-refractivity contribution in [1.29, 1.82) is 0 Å². The van der Waals surface area contributed by atoms with Crippen LogP contribution in [-0.4, -0.2) is 42.2 Å². The van der Waals surface area contributed by atoms with Gasteiger partial charge < -0.3 is 9.84 Å². The highest BCUT2D eigenvalue weighted by Gasteiger charge is 2.55. The van der Waals surface area contributed by atoms with Gasteiger partial charge in [0.15, 0.2) is 15.9 Å². The summed E-state index contributed by atoms with van der Waals surface area (Å²) in [4.78, 5) is 10.7. The zero-order valence-corrected chi connectivity index (χ0v) is 9.29. The first-order valence-electron chi connectivity index (χ1n) is 5.00. The monoisotopic (exact) mass is 234 g/mol. The third kappa shape index (κ3) is 1.56. The highest BCUT2D eigenvalue weighted by atomic mass is 32.2. The Morgan fingerprint density at radius 2 is 2.13 bits per heavy atom. The van der Waals surface area contributed by atoms with Crippen molar-refractivity contribution in [3.8, 4) is 0 Å². The highest BCUT2D eigenvalue weighted by Crippen LogP contribution is 2.43. The fourth-order valence-corrected chi connectivity index (χ4v) is 4.39. The minimum absolute atomic E-state index is 0.112. The molecule has 0 bridgehead atoms. The molecule has 2 fully saturated rings. The van der Waals surface area contributed by atoms with Crippen molar-refractivity contribution in [3.63, 3.8) is 0 Å². The fourth-order valence-electron chi connectivity index (χ4n) is 2.46. The number of hydrogen-bond acceptors (Lipinski definition) is 4. The third-order valence-corrected chi connectivity index (χ3v) is 5.85. The molecule has 6 heteroatoms. The van der Waals surface area contributed by atoms with E-state index in [1.807, 2.05) is 0 Å². The molecular formula is C9H14O5S. The molecule has 15 heavy (non-hydrogen) atoms. The molecule has 3 unspecified atom stereocenters. The maximum atomic E-state index is 11.6. The van der Waals surface area contributed by atoms with Gasteiger partial charge in [-0.05, 0) is 26.2 Å². The molecule has 0 aromatic carbocycles. The van der Waals surface area contributed by atoms with E-state index < -0.39 is 32.8 Å². The molecule has 1 spiro atoms. The van der Waals surface area contributed by atoms with Gasteiger partial charge >= 0.3 is 5.97 Å². The molecule has 0 saturated carbocycles. The van der Waals surface area contributed by atoms with E-state index in [1.54, 1.807) is 6.92 Å². The molecule has 86 valence electrons. The number of hydrogen-bond donors (Lipinski definition) is 1. The lowest BCUT2D eigenvalue weighted by Crippen LogP contribution is -2.39. The summed E-state index contributed by atoms with van der Waals surface area (Å²) in [5, 5.41) is 8.22. The van der Waals surface area contributed by atoms with E-state index in [0.29, 0.717) is 19.3 Å². The van der Waals surface area contributed by atoms with Crippen LogP contribution in [0.2, 0.25) is 0 Å². The van der Waals surface area contributed by atoms with E-state index in [9.17, 15) is 13.2 Å². The fraction of sp³-hybridized carbons (Fsp3) is 0.889. The van der Waals surface area contributed by atoms with Gasteiger partial charge in [0.05, 0.1) is 16.6 Å². The molecule has 1 N–H and O–H groups in total. The third-order valence-electron chi connectivity index (χ3n) is 3.57. The molecule has 0 aromatic heterocycles. The zero-order valence-electron chi connectivity index (χ0n) is 8.47. The van der Waals surface area contributed by atoms with Crippen LogP contribution >= 0.6 is 0 Å². The predicted molar refractivity (Wildman–Crippen MR) is 52.3 cm³/mol. The topological polar surface area (TPSA) is 80.7 Å². The molecule has 0 aromatic rings. The summed E-state index contributed by atoms with van der Waals surface area (Å²) < 4.78 is 28.6. The molecule has 3 atom stereocenters. The first-order valence-corrected chi connectivity index (χ1v) is 6.71. The van der Waals surface area contributed by atoms with Crippen LogP contribution < -0.4 is 0 Å². The van der Waals surface area contributed by atoms with Gasteiger partial charge in [0.1, 0.15) is 0 Å². The van der Waals surface area contributed by atoms with Gasteiger partial charge in [-0.25, -0.2) is 13.2 Å². The Balaban J connectivity index is 2.22. The number of rotatable bonds is 1. The summed E-state index contributed by atoms with van der Waals surface area (Å²) in [5.74, 6) is -0.885. The van der Waals surface area contributed by atoms with E-state index in [-0.39, 0.29) is 5.75 Å². The Morgan fingerprint density at radius 3 is 2.53 bits per heavy atom. The van der Waals surface area contributed by atoms with Crippen LogP contribution in [0.1, 0.15) is 26.2 Å². The van der Waals surface area contributed by atoms with Crippen LogP contribution in [-0.2, 0) is 19.4 Å². The largest absolute Gasteiger partial charge is 0.479 e. The molecular weight excluding hydrogens is 220 g/mol. The summed E-state index contributed by atoms with van der Waals surface area (Å²) in [6.45, 7) is 1.62. The zero-order chi connectivity index (χ0) is 11.3. The van der Waals surface area contributed by atoms with Crippen molar-refractivity contribution >= 4 is 15.8 Å². The predicted octanol–water partition coefficient (Wildman–Crippen LogP) is 0.196. The summed E-state index contributed by atoms with van der Waals surface area (Å²) in [5.41, 5.74) is -0.734. The second kappa shape index (κ2) is 3.18. The molecule has 2 heterocycles. The van der Waals surface area contributed by atoms with Gasteiger partial charge in [-0.2, -0.15) is 0 Å². The lowest BCUT2D eigenvalue weighted by Gasteiger charge is -2.26. The van der Waals surface area contributed by atoms with E-state index in [4.69, 9.17) is 9.84 Å². The van der Waals surface area contributed by atoms with Gasteiger partial charge in [0, 0.05) is 0 Å². The Bertz CT molecular complexity index is 387. The van der Waals surface area contributed by atoms with Crippen LogP contribution in [0.3, 0.4) is 0 Å². The molecule has 2 rings (SSSR count). The quantitative estimate of drug-likeness (QED) is 0.700. The maximum absolute atomic E-state index is 11.6. The summed E-state index contributed by atoms with van der Waals surface area (Å²) in [6, 6.07) is 0. The average molecular weight is 234 g/mol. The molecule has 0 aliphatic carbocycles. The molecule has 5 nitrogen and oxygen atoms in total. The Hall–Kier alpha value is -0.620. The minimum atomic E-state index is -3.08. The van der Waals surface area contributed by atoms with Gasteiger partial charge in [0.25, 0.3) is 0 Å². The van der Waals surface area contributed by atoms with Crippen molar-refractivity contribution < 1.29 is 23.1 Å². The van der Waals surface area contributed by atoms with Crippen molar-refractivity contribution in [1.82, 2.24) is 0 Å². The van der Waals surface area contributed by atoms with Gasteiger partial charge in [-0.3, -0.25) is 0 Å². The van der Waals surface area contributed by atoms with E-state index in [1.165, 1.54) is 0 Å². The van der Waals surface area contributed by atoms with Crippen LogP contribution in [0.25, 0.3) is 0 Å². The Kier molecular flexibility index (Phi) is 2.31. The normalized spacial score (nSPS) is 43.5. The second-order valence-electron chi connectivity index (χ2n) is 4.31. The lowest BCUT2D eigenvalue weighted by atomic mass is 9.94. The van der Waals surface area contributed by atoms with Gasteiger partial charge in [-0.15, -0.1) is 0 Å². The number of carbonyl (C=O) groups is 1. The van der Waals surface area contributed by atoms with Crippen molar-refractivity contribution in [2.75, 3.05) is 5.75 Å². The maximum Gasteiger partial charge on any atom is 0.332 e. The molecule has 0 radical (unpaired) electrons. The standard InChI is InChI=1S/C9H14O5S/c1-6-9(4-5-15(6,12)13)3-2-7(14-9)8(10)11/h6-7H,2-5H2,1H3,(H,10,11). The van der Waals surface area contributed by atoms with Crippen molar-refractivity contribution in [2.45, 2.75) is 43.1 Å². The number of carboxylic acids is 1. The van der Waals surface area contributed by atoms with Crippen LogP contribution in [0.4, 0.5) is 0 Å². The molecule has 2 aliphatic heterocycles. The van der Waals surface area contributed by atoms with Crippen molar-refractivity contribution in [3.05, 3.63) is 0 Å². The number of ether oxygens (including phenoxy) is 1. The summed E-state index contributed by atoms with van der Waals surface area (Å²) in [7, 11) is -3.08. The van der Waals surface area contributed by atoms with Crippen LogP contribution in [0.5, 0.6) is 0 Å². The summed E-state index contributed by atoms with van der Waals surface area (Å²) >= 11 is 0. The second-order valence-corrected chi connectivity index (χ2v) is 6.75. The number of aliphatic carboxylic acids is 1. The minimum Gasteiger partial charge on any atom is -0.479 e. The summed E-state index contributed by atoms with van der Waals surface area (Å²) in [6.07, 6.45) is 0.542.